The van der Waals surface area contributed by atoms with E-state index in [1.807, 2.05) is 23.0 Å². The average Bonchev–Trinajstić information content (AvgIpc) is 2.90. The highest BCUT2D eigenvalue weighted by Crippen LogP contribution is 2.34. The molecule has 0 saturated heterocycles. The molecule has 1 unspecified atom stereocenters. The Kier molecular flexibility index (Phi) is 3.30. The second kappa shape index (κ2) is 5.08. The molecule has 0 radical (unpaired) electrons. The number of nitrogens with two attached hydrogens (primary N) is 1. The van der Waals surface area contributed by atoms with E-state index >= 15 is 0 Å². The number of ether oxygens (including phenoxy) is 1. The summed E-state index contributed by atoms with van der Waals surface area (Å²) in [7, 11) is 0. The van der Waals surface area contributed by atoms with Gasteiger partial charge in [-0.25, -0.2) is 4.98 Å². The largest absolute Gasteiger partial charge is 0.487 e. The minimum absolute atomic E-state index is 0.163. The van der Waals surface area contributed by atoms with E-state index in [1.165, 1.54) is 11.1 Å². The maximum Gasteiger partial charge on any atom is 0.131 e. The van der Waals surface area contributed by atoms with Crippen molar-refractivity contribution >= 4 is 11.3 Å². The second-order valence-electron chi connectivity index (χ2n) is 4.59. The summed E-state index contributed by atoms with van der Waals surface area (Å²) in [5, 5.41) is 2.02. The molecule has 3 nitrogen and oxygen atoms in total. The van der Waals surface area contributed by atoms with E-state index < -0.39 is 0 Å². The zero-order chi connectivity index (χ0) is 12.4. The molecule has 1 aromatic carbocycles. The third-order valence-electron chi connectivity index (χ3n) is 3.37. The molecule has 2 aromatic rings. The molecule has 1 atom stereocenters. The summed E-state index contributed by atoms with van der Waals surface area (Å²) >= 11 is 1.59. The Morgan fingerprint density at radius 2 is 2.39 bits per heavy atom. The quantitative estimate of drug-likeness (QED) is 0.922. The van der Waals surface area contributed by atoms with Gasteiger partial charge in [-0.2, -0.15) is 0 Å². The van der Waals surface area contributed by atoms with E-state index in [0.717, 1.165) is 30.7 Å². The maximum atomic E-state index is 6.14. The molecular weight excluding hydrogens is 244 g/mol. The number of nitrogens with zero attached hydrogens (tertiary/aromatic N) is 1. The van der Waals surface area contributed by atoms with Crippen molar-refractivity contribution in [2.45, 2.75) is 31.9 Å². The number of fused-ring (bicyclic) bond motifs is 1. The Labute approximate surface area is 111 Å². The van der Waals surface area contributed by atoms with Crippen molar-refractivity contribution in [3.63, 3.8) is 0 Å². The standard InChI is InChI=1S/C14H16N2OS/c15-13-5-1-4-12-11(13)3-2-6-14(12)17-7-10-8-18-9-16-10/h2-3,6,8-9,13H,1,4-5,7,15H2. The number of thiazole rings is 1. The Balaban J connectivity index is 1.82. The molecule has 0 aliphatic heterocycles. The molecule has 1 aliphatic carbocycles. The first-order chi connectivity index (χ1) is 8.84. The van der Waals surface area contributed by atoms with E-state index in [0.29, 0.717) is 6.61 Å². The summed E-state index contributed by atoms with van der Waals surface area (Å²) in [6.07, 6.45) is 3.28. The molecule has 0 bridgehead atoms. The second-order valence-corrected chi connectivity index (χ2v) is 5.31. The van der Waals surface area contributed by atoms with Gasteiger partial charge in [0.05, 0.1) is 11.2 Å². The molecule has 1 heterocycles. The van der Waals surface area contributed by atoms with E-state index in [4.69, 9.17) is 10.5 Å². The highest BCUT2D eigenvalue weighted by molar-refractivity contribution is 7.07. The van der Waals surface area contributed by atoms with Gasteiger partial charge in [-0.1, -0.05) is 12.1 Å². The fourth-order valence-electron chi connectivity index (χ4n) is 2.45. The first kappa shape index (κ1) is 11.7. The van der Waals surface area contributed by atoms with Gasteiger partial charge < -0.3 is 10.5 Å². The van der Waals surface area contributed by atoms with Gasteiger partial charge in [-0.05, 0) is 36.5 Å². The zero-order valence-electron chi connectivity index (χ0n) is 10.1. The Bertz CT molecular complexity index is 525. The van der Waals surface area contributed by atoms with Gasteiger partial charge in [0.2, 0.25) is 0 Å². The van der Waals surface area contributed by atoms with E-state index in [2.05, 4.69) is 11.1 Å². The van der Waals surface area contributed by atoms with Crippen LogP contribution in [0.4, 0.5) is 0 Å². The monoisotopic (exact) mass is 260 g/mol. The van der Waals surface area contributed by atoms with Crippen LogP contribution in [0.3, 0.4) is 0 Å². The SMILES string of the molecule is NC1CCCc2c(OCc3cscn3)cccc21. The Morgan fingerprint density at radius 1 is 1.44 bits per heavy atom. The molecule has 0 spiro atoms. The number of aromatic nitrogens is 1. The lowest BCUT2D eigenvalue weighted by atomic mass is 9.87. The molecule has 0 amide bonds. The van der Waals surface area contributed by atoms with Crippen LogP contribution in [-0.4, -0.2) is 4.98 Å². The third kappa shape index (κ3) is 2.26. The van der Waals surface area contributed by atoms with Gasteiger partial charge in [0.25, 0.3) is 0 Å². The summed E-state index contributed by atoms with van der Waals surface area (Å²) in [6.45, 7) is 0.537. The van der Waals surface area contributed by atoms with Crippen LogP contribution in [0.15, 0.2) is 29.1 Å². The zero-order valence-corrected chi connectivity index (χ0v) is 11.0. The summed E-state index contributed by atoms with van der Waals surface area (Å²) < 4.78 is 5.89. The van der Waals surface area contributed by atoms with Gasteiger partial charge in [0.1, 0.15) is 12.4 Å². The van der Waals surface area contributed by atoms with Crippen molar-refractivity contribution in [3.05, 3.63) is 45.9 Å². The molecule has 18 heavy (non-hydrogen) atoms. The molecule has 1 aliphatic rings. The maximum absolute atomic E-state index is 6.14. The highest BCUT2D eigenvalue weighted by Gasteiger charge is 2.19. The summed E-state index contributed by atoms with van der Waals surface area (Å²) in [4.78, 5) is 4.23. The predicted molar refractivity (Wildman–Crippen MR) is 72.8 cm³/mol. The van der Waals surface area contributed by atoms with Crippen LogP contribution in [0.25, 0.3) is 0 Å². The fourth-order valence-corrected chi connectivity index (χ4v) is 2.99. The van der Waals surface area contributed by atoms with Crippen molar-refractivity contribution < 1.29 is 4.74 Å². The normalized spacial score (nSPS) is 18.4. The highest BCUT2D eigenvalue weighted by atomic mass is 32.1. The number of hydrogen-bond acceptors (Lipinski definition) is 4. The summed E-state index contributed by atoms with van der Waals surface area (Å²) in [5.74, 6) is 0.968. The molecule has 0 saturated carbocycles. The predicted octanol–water partition coefficient (Wildman–Crippen LogP) is 3.06. The van der Waals surface area contributed by atoms with Gasteiger partial charge in [-0.3, -0.25) is 0 Å². The lowest BCUT2D eigenvalue weighted by Crippen LogP contribution is -2.18. The topological polar surface area (TPSA) is 48.1 Å². The number of hydrogen-bond donors (Lipinski definition) is 1. The summed E-state index contributed by atoms with van der Waals surface area (Å²) in [5.41, 5.74) is 11.5. The van der Waals surface area contributed by atoms with Gasteiger partial charge in [-0.15, -0.1) is 11.3 Å². The van der Waals surface area contributed by atoms with Crippen molar-refractivity contribution in [1.29, 1.82) is 0 Å². The average molecular weight is 260 g/mol. The smallest absolute Gasteiger partial charge is 0.131 e. The van der Waals surface area contributed by atoms with E-state index in [9.17, 15) is 0 Å². The fraction of sp³-hybridized carbons (Fsp3) is 0.357. The van der Waals surface area contributed by atoms with Crippen LogP contribution in [0.5, 0.6) is 5.75 Å². The number of rotatable bonds is 3. The van der Waals surface area contributed by atoms with Crippen molar-refractivity contribution in [2.24, 2.45) is 5.73 Å². The van der Waals surface area contributed by atoms with Crippen molar-refractivity contribution in [2.75, 3.05) is 0 Å². The molecule has 2 N–H and O–H groups in total. The van der Waals surface area contributed by atoms with Crippen molar-refractivity contribution in [1.82, 2.24) is 4.98 Å². The molecule has 0 fully saturated rings. The Hall–Kier alpha value is -1.39. The van der Waals surface area contributed by atoms with Crippen LogP contribution in [0, 0.1) is 0 Å². The molecule has 3 rings (SSSR count). The first-order valence-electron chi connectivity index (χ1n) is 6.22. The minimum atomic E-state index is 0.163. The van der Waals surface area contributed by atoms with E-state index in [1.54, 1.807) is 11.3 Å². The van der Waals surface area contributed by atoms with Gasteiger partial charge >= 0.3 is 0 Å². The lowest BCUT2D eigenvalue weighted by Gasteiger charge is -2.24. The van der Waals surface area contributed by atoms with E-state index in [-0.39, 0.29) is 6.04 Å². The third-order valence-corrected chi connectivity index (χ3v) is 4.00. The Morgan fingerprint density at radius 3 is 3.22 bits per heavy atom. The molecule has 94 valence electrons. The van der Waals surface area contributed by atoms with Crippen LogP contribution >= 0.6 is 11.3 Å². The summed E-state index contributed by atoms with van der Waals surface area (Å²) in [6, 6.07) is 6.34. The van der Waals surface area contributed by atoms with Crippen LogP contribution in [0.1, 0.15) is 35.7 Å². The molecule has 4 heteroatoms. The van der Waals surface area contributed by atoms with Crippen LogP contribution in [0.2, 0.25) is 0 Å². The minimum Gasteiger partial charge on any atom is -0.487 e. The van der Waals surface area contributed by atoms with Crippen LogP contribution in [-0.2, 0) is 13.0 Å². The van der Waals surface area contributed by atoms with Gasteiger partial charge in [0, 0.05) is 11.4 Å². The molecular formula is C14H16N2OS. The molecule has 1 aromatic heterocycles. The lowest BCUT2D eigenvalue weighted by molar-refractivity contribution is 0.296. The first-order valence-corrected chi connectivity index (χ1v) is 7.16. The van der Waals surface area contributed by atoms with Crippen molar-refractivity contribution in [3.8, 4) is 5.75 Å². The van der Waals surface area contributed by atoms with Crippen LogP contribution < -0.4 is 10.5 Å². The van der Waals surface area contributed by atoms with Gasteiger partial charge in [0.15, 0.2) is 0 Å². The number of benzene rings is 1.